The molecule has 0 spiro atoms. The maximum atomic E-state index is 5.64. The van der Waals surface area contributed by atoms with Crippen molar-refractivity contribution in [2.24, 2.45) is 0 Å². The van der Waals surface area contributed by atoms with Gasteiger partial charge < -0.3 is 9.73 Å². The highest BCUT2D eigenvalue weighted by molar-refractivity contribution is 9.10. The van der Waals surface area contributed by atoms with Gasteiger partial charge in [-0.05, 0) is 54.9 Å². The fourth-order valence-corrected chi connectivity index (χ4v) is 2.61. The molecule has 0 saturated carbocycles. The van der Waals surface area contributed by atoms with E-state index in [1.54, 1.807) is 6.26 Å². The number of nitrogens with one attached hydrogen (secondary N) is 1. The van der Waals surface area contributed by atoms with Crippen LogP contribution in [0.1, 0.15) is 43.5 Å². The molecule has 0 aliphatic heterocycles. The minimum atomic E-state index is 0.0328. The van der Waals surface area contributed by atoms with E-state index >= 15 is 0 Å². The summed E-state index contributed by atoms with van der Waals surface area (Å²) < 4.78 is 8.65. The summed E-state index contributed by atoms with van der Waals surface area (Å²) in [7, 11) is 0. The van der Waals surface area contributed by atoms with E-state index < -0.39 is 0 Å². The summed E-state index contributed by atoms with van der Waals surface area (Å²) in [6, 6.07) is 4.08. The largest absolute Gasteiger partial charge is 0.466 e. The molecular weight excluding hydrogens is 306 g/mol. The highest BCUT2D eigenvalue weighted by Gasteiger charge is 2.23. The van der Waals surface area contributed by atoms with Gasteiger partial charge in [-0.1, -0.05) is 6.92 Å². The molecule has 19 heavy (non-hydrogen) atoms. The predicted molar refractivity (Wildman–Crippen MR) is 79.2 cm³/mol. The smallest absolute Gasteiger partial charge is 0.140 e. The van der Waals surface area contributed by atoms with Crippen LogP contribution in [0, 0.1) is 6.92 Å². The summed E-state index contributed by atoms with van der Waals surface area (Å²) in [4.78, 5) is 0. The standard InChI is InChI=1S/C14H20BrN3O/c1-4-7-16-13(14-11(15)6-8-19-14)12-9-10(3)17-18(12)5-2/h6,8-9,13,16H,4-5,7H2,1-3H3. The predicted octanol–water partition coefficient (Wildman–Crippen LogP) is 3.66. The zero-order valence-electron chi connectivity index (χ0n) is 11.6. The van der Waals surface area contributed by atoms with Crippen molar-refractivity contribution < 1.29 is 4.42 Å². The third-order valence-electron chi connectivity index (χ3n) is 3.03. The topological polar surface area (TPSA) is 43.0 Å². The molecular formula is C14H20BrN3O. The lowest BCUT2D eigenvalue weighted by Gasteiger charge is -2.18. The van der Waals surface area contributed by atoms with E-state index in [1.165, 1.54) is 0 Å². The van der Waals surface area contributed by atoms with Crippen LogP contribution in [-0.2, 0) is 6.54 Å². The lowest BCUT2D eigenvalue weighted by molar-refractivity contribution is 0.425. The molecule has 0 saturated heterocycles. The van der Waals surface area contributed by atoms with Gasteiger partial charge in [-0.3, -0.25) is 4.68 Å². The average molecular weight is 326 g/mol. The van der Waals surface area contributed by atoms with E-state index in [0.29, 0.717) is 0 Å². The van der Waals surface area contributed by atoms with Crippen LogP contribution in [0.4, 0.5) is 0 Å². The van der Waals surface area contributed by atoms with Crippen molar-refractivity contribution in [2.75, 3.05) is 6.54 Å². The first kappa shape index (κ1) is 14.3. The maximum Gasteiger partial charge on any atom is 0.140 e. The first-order valence-corrected chi connectivity index (χ1v) is 7.47. The second-order valence-electron chi connectivity index (χ2n) is 4.55. The summed E-state index contributed by atoms with van der Waals surface area (Å²) in [5.41, 5.74) is 2.17. The van der Waals surface area contributed by atoms with E-state index in [0.717, 1.165) is 41.1 Å². The Morgan fingerprint density at radius 1 is 1.47 bits per heavy atom. The Kier molecular flexibility index (Phi) is 4.82. The van der Waals surface area contributed by atoms with Crippen molar-refractivity contribution in [1.82, 2.24) is 15.1 Å². The Labute approximate surface area is 122 Å². The lowest BCUT2D eigenvalue weighted by Crippen LogP contribution is -2.25. The zero-order chi connectivity index (χ0) is 13.8. The van der Waals surface area contributed by atoms with Crippen LogP contribution in [0.3, 0.4) is 0 Å². The monoisotopic (exact) mass is 325 g/mol. The molecule has 0 bridgehead atoms. The molecule has 1 unspecified atom stereocenters. The molecule has 0 aliphatic rings. The summed E-state index contributed by atoms with van der Waals surface area (Å²) in [6.07, 6.45) is 2.79. The minimum Gasteiger partial charge on any atom is -0.466 e. The van der Waals surface area contributed by atoms with Crippen molar-refractivity contribution in [1.29, 1.82) is 0 Å². The van der Waals surface area contributed by atoms with Crippen LogP contribution in [0.2, 0.25) is 0 Å². The van der Waals surface area contributed by atoms with E-state index in [-0.39, 0.29) is 6.04 Å². The van der Waals surface area contributed by atoms with Crippen molar-refractivity contribution in [3.05, 3.63) is 40.0 Å². The van der Waals surface area contributed by atoms with Crippen LogP contribution in [0.5, 0.6) is 0 Å². The van der Waals surface area contributed by atoms with Gasteiger partial charge in [0.15, 0.2) is 0 Å². The molecule has 0 radical (unpaired) electrons. The molecule has 0 amide bonds. The molecule has 1 N–H and O–H groups in total. The SMILES string of the molecule is CCCNC(c1occc1Br)c1cc(C)nn1CC. The van der Waals surface area contributed by atoms with Crippen molar-refractivity contribution in [2.45, 2.75) is 39.8 Å². The van der Waals surface area contributed by atoms with Gasteiger partial charge in [0.05, 0.1) is 22.1 Å². The highest BCUT2D eigenvalue weighted by Crippen LogP contribution is 2.30. The molecule has 104 valence electrons. The maximum absolute atomic E-state index is 5.64. The van der Waals surface area contributed by atoms with Gasteiger partial charge in [0.25, 0.3) is 0 Å². The van der Waals surface area contributed by atoms with Crippen molar-refractivity contribution in [3.63, 3.8) is 0 Å². The first-order valence-electron chi connectivity index (χ1n) is 6.68. The first-order chi connectivity index (χ1) is 9.17. The Balaban J connectivity index is 2.39. The fraction of sp³-hybridized carbons (Fsp3) is 0.500. The van der Waals surface area contributed by atoms with Gasteiger partial charge in [-0.25, -0.2) is 0 Å². The lowest BCUT2D eigenvalue weighted by atomic mass is 10.1. The molecule has 0 fully saturated rings. The highest BCUT2D eigenvalue weighted by atomic mass is 79.9. The van der Waals surface area contributed by atoms with Gasteiger partial charge in [0, 0.05) is 6.54 Å². The third kappa shape index (κ3) is 3.09. The van der Waals surface area contributed by atoms with Gasteiger partial charge in [-0.2, -0.15) is 5.10 Å². The van der Waals surface area contributed by atoms with Crippen LogP contribution < -0.4 is 5.32 Å². The van der Waals surface area contributed by atoms with Crippen LogP contribution in [0.25, 0.3) is 0 Å². The number of hydrogen-bond acceptors (Lipinski definition) is 3. The summed E-state index contributed by atoms with van der Waals surface area (Å²) in [5.74, 6) is 0.906. The van der Waals surface area contributed by atoms with Crippen molar-refractivity contribution in [3.8, 4) is 0 Å². The Bertz CT molecular complexity index is 533. The van der Waals surface area contributed by atoms with E-state index in [4.69, 9.17) is 4.42 Å². The third-order valence-corrected chi connectivity index (χ3v) is 3.69. The second-order valence-corrected chi connectivity index (χ2v) is 5.40. The Morgan fingerprint density at radius 2 is 2.26 bits per heavy atom. The van der Waals surface area contributed by atoms with Crippen LogP contribution in [0.15, 0.2) is 27.3 Å². The number of halogens is 1. The van der Waals surface area contributed by atoms with E-state index in [1.807, 2.05) is 17.7 Å². The molecule has 2 heterocycles. The molecule has 4 nitrogen and oxygen atoms in total. The van der Waals surface area contributed by atoms with E-state index in [2.05, 4.69) is 46.3 Å². The summed E-state index contributed by atoms with van der Waals surface area (Å²) in [6.45, 7) is 8.06. The second kappa shape index (κ2) is 6.39. The molecule has 2 rings (SSSR count). The molecule has 5 heteroatoms. The minimum absolute atomic E-state index is 0.0328. The number of rotatable bonds is 6. The van der Waals surface area contributed by atoms with Gasteiger partial charge in [-0.15, -0.1) is 0 Å². The molecule has 0 aromatic carbocycles. The number of aryl methyl sites for hydroxylation is 2. The molecule has 2 aromatic rings. The fourth-order valence-electron chi connectivity index (χ4n) is 2.18. The van der Waals surface area contributed by atoms with E-state index in [9.17, 15) is 0 Å². The summed E-state index contributed by atoms with van der Waals surface area (Å²) >= 11 is 3.55. The number of furan rings is 1. The Hall–Kier alpha value is -1.07. The zero-order valence-corrected chi connectivity index (χ0v) is 13.2. The normalized spacial score (nSPS) is 12.8. The molecule has 0 aliphatic carbocycles. The van der Waals surface area contributed by atoms with Gasteiger partial charge in [0.2, 0.25) is 0 Å². The van der Waals surface area contributed by atoms with Crippen LogP contribution >= 0.6 is 15.9 Å². The number of aromatic nitrogens is 2. The van der Waals surface area contributed by atoms with Crippen LogP contribution in [-0.4, -0.2) is 16.3 Å². The van der Waals surface area contributed by atoms with Gasteiger partial charge in [0.1, 0.15) is 11.8 Å². The van der Waals surface area contributed by atoms with Gasteiger partial charge >= 0.3 is 0 Å². The molecule has 1 atom stereocenters. The quantitative estimate of drug-likeness (QED) is 0.881. The number of nitrogens with zero attached hydrogens (tertiary/aromatic N) is 2. The van der Waals surface area contributed by atoms with Crippen molar-refractivity contribution >= 4 is 15.9 Å². The molecule has 2 aromatic heterocycles. The summed E-state index contributed by atoms with van der Waals surface area (Å²) in [5, 5.41) is 8.05. The average Bonchev–Trinajstić information content (AvgIpc) is 2.97. The number of hydrogen-bond donors (Lipinski definition) is 1. The Morgan fingerprint density at radius 3 is 2.84 bits per heavy atom.